The molecule has 2 nitrogen and oxygen atoms in total. The zero-order chi connectivity index (χ0) is 13.3. The van der Waals surface area contributed by atoms with Crippen molar-refractivity contribution in [1.29, 1.82) is 0 Å². The zero-order valence-electron chi connectivity index (χ0n) is 11.9. The molecule has 0 spiro atoms. The molecule has 0 unspecified atom stereocenters. The second kappa shape index (κ2) is 5.12. The van der Waals surface area contributed by atoms with E-state index in [1.54, 1.807) is 11.3 Å². The molecule has 1 aliphatic rings. The second-order valence-corrected chi connectivity index (χ2v) is 7.62. The summed E-state index contributed by atoms with van der Waals surface area (Å²) >= 11 is 1.67. The standard InChI is InChI=1S/C15H23NOS/c1-10-11(2)18-14(16-10)9-13(17)12-5-7-15(3,4)8-6-12/h12H,5-9H2,1-4H3. The van der Waals surface area contributed by atoms with E-state index in [4.69, 9.17) is 0 Å². The summed E-state index contributed by atoms with van der Waals surface area (Å²) in [6.45, 7) is 8.70. The highest BCUT2D eigenvalue weighted by Crippen LogP contribution is 2.38. The van der Waals surface area contributed by atoms with Gasteiger partial charge in [-0.3, -0.25) is 4.79 Å². The van der Waals surface area contributed by atoms with Crippen molar-refractivity contribution in [2.45, 2.75) is 59.8 Å². The van der Waals surface area contributed by atoms with Gasteiger partial charge in [0.1, 0.15) is 10.8 Å². The first kappa shape index (κ1) is 13.7. The molecule has 0 saturated heterocycles. The zero-order valence-corrected chi connectivity index (χ0v) is 12.7. The largest absolute Gasteiger partial charge is 0.299 e. The lowest BCUT2D eigenvalue weighted by molar-refractivity contribution is -0.123. The van der Waals surface area contributed by atoms with Crippen molar-refractivity contribution in [2.24, 2.45) is 11.3 Å². The third-order valence-corrected chi connectivity index (χ3v) is 5.27. The molecule has 0 atom stereocenters. The Bertz CT molecular complexity index is 418. The second-order valence-electron chi connectivity index (χ2n) is 6.33. The molecule has 0 bridgehead atoms. The summed E-state index contributed by atoms with van der Waals surface area (Å²) in [5, 5.41) is 1.000. The van der Waals surface area contributed by atoms with Gasteiger partial charge >= 0.3 is 0 Å². The highest BCUT2D eigenvalue weighted by Gasteiger charge is 2.30. The van der Waals surface area contributed by atoms with Crippen LogP contribution in [-0.2, 0) is 11.2 Å². The maximum atomic E-state index is 12.3. The van der Waals surface area contributed by atoms with Crippen LogP contribution in [0.5, 0.6) is 0 Å². The van der Waals surface area contributed by atoms with Gasteiger partial charge in [0.25, 0.3) is 0 Å². The maximum Gasteiger partial charge on any atom is 0.142 e. The van der Waals surface area contributed by atoms with Crippen LogP contribution in [0.2, 0.25) is 0 Å². The van der Waals surface area contributed by atoms with Crippen LogP contribution in [0.25, 0.3) is 0 Å². The van der Waals surface area contributed by atoms with Crippen LogP contribution in [0.3, 0.4) is 0 Å². The Morgan fingerprint density at radius 1 is 1.33 bits per heavy atom. The first-order chi connectivity index (χ1) is 8.37. The predicted molar refractivity (Wildman–Crippen MR) is 76.0 cm³/mol. The molecule has 1 heterocycles. The smallest absolute Gasteiger partial charge is 0.142 e. The van der Waals surface area contributed by atoms with Crippen molar-refractivity contribution >= 4 is 17.1 Å². The number of hydrogen-bond donors (Lipinski definition) is 0. The van der Waals surface area contributed by atoms with Crippen LogP contribution >= 0.6 is 11.3 Å². The number of carbonyl (C=O) groups excluding carboxylic acids is 1. The number of nitrogens with zero attached hydrogens (tertiary/aromatic N) is 1. The fraction of sp³-hybridized carbons (Fsp3) is 0.733. The van der Waals surface area contributed by atoms with Crippen LogP contribution < -0.4 is 0 Å². The van der Waals surface area contributed by atoms with Crippen LogP contribution in [-0.4, -0.2) is 10.8 Å². The number of Topliss-reactive ketones (excluding diaryl/α,β-unsaturated/α-hetero) is 1. The van der Waals surface area contributed by atoms with E-state index < -0.39 is 0 Å². The molecule has 0 aliphatic heterocycles. The summed E-state index contributed by atoms with van der Waals surface area (Å²) in [4.78, 5) is 18.0. The van der Waals surface area contributed by atoms with Crippen LogP contribution in [0.4, 0.5) is 0 Å². The van der Waals surface area contributed by atoms with Gasteiger partial charge in [-0.05, 0) is 44.9 Å². The number of thiazole rings is 1. The number of aromatic nitrogens is 1. The molecule has 1 fully saturated rings. The lowest BCUT2D eigenvalue weighted by atomic mass is 9.72. The highest BCUT2D eigenvalue weighted by atomic mass is 32.1. The fourth-order valence-corrected chi connectivity index (χ4v) is 3.57. The van der Waals surface area contributed by atoms with Gasteiger partial charge in [-0.1, -0.05) is 13.8 Å². The van der Waals surface area contributed by atoms with E-state index in [0.29, 0.717) is 17.6 Å². The molecule has 1 aromatic rings. The molecular formula is C15H23NOS. The number of rotatable bonds is 3. The average Bonchev–Trinajstić information content (AvgIpc) is 2.57. The number of carbonyl (C=O) groups is 1. The van der Waals surface area contributed by atoms with E-state index in [1.165, 1.54) is 17.7 Å². The molecule has 0 amide bonds. The molecule has 100 valence electrons. The van der Waals surface area contributed by atoms with Gasteiger partial charge in [0.05, 0.1) is 12.1 Å². The van der Waals surface area contributed by atoms with E-state index >= 15 is 0 Å². The van der Waals surface area contributed by atoms with Crippen molar-refractivity contribution in [1.82, 2.24) is 4.98 Å². The minimum atomic E-state index is 0.280. The van der Waals surface area contributed by atoms with E-state index in [2.05, 4.69) is 25.8 Å². The van der Waals surface area contributed by atoms with E-state index in [0.717, 1.165) is 23.5 Å². The minimum Gasteiger partial charge on any atom is -0.299 e. The summed E-state index contributed by atoms with van der Waals surface area (Å²) in [5.41, 5.74) is 1.51. The lowest BCUT2D eigenvalue weighted by Gasteiger charge is -2.33. The third-order valence-electron chi connectivity index (χ3n) is 4.19. The summed E-state index contributed by atoms with van der Waals surface area (Å²) in [7, 11) is 0. The normalized spacial score (nSPS) is 20.0. The molecule has 0 aromatic carbocycles. The summed E-state index contributed by atoms with van der Waals surface area (Å²) in [6, 6.07) is 0. The molecule has 1 aliphatic carbocycles. The van der Waals surface area contributed by atoms with Crippen molar-refractivity contribution in [2.75, 3.05) is 0 Å². The molecule has 3 heteroatoms. The van der Waals surface area contributed by atoms with Crippen LogP contribution in [0.15, 0.2) is 0 Å². The molecule has 1 saturated carbocycles. The quantitative estimate of drug-likeness (QED) is 0.824. The molecule has 18 heavy (non-hydrogen) atoms. The van der Waals surface area contributed by atoms with E-state index in [-0.39, 0.29) is 5.92 Å². The van der Waals surface area contributed by atoms with E-state index in [9.17, 15) is 4.79 Å². The molecule has 2 rings (SSSR count). The Kier molecular flexibility index (Phi) is 3.90. The highest BCUT2D eigenvalue weighted by molar-refractivity contribution is 7.11. The first-order valence-corrected chi connectivity index (χ1v) is 7.65. The van der Waals surface area contributed by atoms with Gasteiger partial charge < -0.3 is 0 Å². The maximum absolute atomic E-state index is 12.3. The third kappa shape index (κ3) is 3.19. The van der Waals surface area contributed by atoms with Gasteiger partial charge in [0.2, 0.25) is 0 Å². The monoisotopic (exact) mass is 265 g/mol. The Labute approximate surface area is 114 Å². The van der Waals surface area contributed by atoms with E-state index in [1.807, 2.05) is 6.92 Å². The lowest BCUT2D eigenvalue weighted by Crippen LogP contribution is -2.27. The number of ketones is 1. The van der Waals surface area contributed by atoms with Gasteiger partial charge in [-0.25, -0.2) is 4.98 Å². The van der Waals surface area contributed by atoms with Crippen molar-refractivity contribution in [3.8, 4) is 0 Å². The number of hydrogen-bond acceptors (Lipinski definition) is 3. The molecule has 1 aromatic heterocycles. The van der Waals surface area contributed by atoms with Crippen LogP contribution in [0, 0.1) is 25.2 Å². The van der Waals surface area contributed by atoms with Gasteiger partial charge in [0, 0.05) is 10.8 Å². The summed E-state index contributed by atoms with van der Waals surface area (Å²) < 4.78 is 0. The number of aryl methyl sites for hydroxylation is 2. The Hall–Kier alpha value is -0.700. The SMILES string of the molecule is Cc1nc(CC(=O)C2CCC(C)(C)CC2)sc1C. The molecule has 0 radical (unpaired) electrons. The van der Waals surface area contributed by atoms with Gasteiger partial charge in [-0.15, -0.1) is 11.3 Å². The first-order valence-electron chi connectivity index (χ1n) is 6.83. The fourth-order valence-electron chi connectivity index (χ4n) is 2.63. The van der Waals surface area contributed by atoms with Crippen molar-refractivity contribution in [3.05, 3.63) is 15.6 Å². The average molecular weight is 265 g/mol. The minimum absolute atomic E-state index is 0.280. The molecular weight excluding hydrogens is 242 g/mol. The predicted octanol–water partition coefficient (Wildman–Crippen LogP) is 4.09. The van der Waals surface area contributed by atoms with Crippen molar-refractivity contribution < 1.29 is 4.79 Å². The Morgan fingerprint density at radius 3 is 2.44 bits per heavy atom. The summed E-state index contributed by atoms with van der Waals surface area (Å²) in [6.07, 6.45) is 5.04. The van der Waals surface area contributed by atoms with Gasteiger partial charge in [0.15, 0.2) is 0 Å². The Balaban J connectivity index is 1.93. The Morgan fingerprint density at radius 2 is 1.94 bits per heavy atom. The molecule has 0 N–H and O–H groups in total. The van der Waals surface area contributed by atoms with Crippen molar-refractivity contribution in [3.63, 3.8) is 0 Å². The summed E-state index contributed by atoms with van der Waals surface area (Å²) in [5.74, 6) is 0.682. The van der Waals surface area contributed by atoms with Crippen LogP contribution in [0.1, 0.15) is 55.1 Å². The van der Waals surface area contributed by atoms with Gasteiger partial charge in [-0.2, -0.15) is 0 Å². The topological polar surface area (TPSA) is 30.0 Å².